The highest BCUT2D eigenvalue weighted by Crippen LogP contribution is 2.21. The summed E-state index contributed by atoms with van der Waals surface area (Å²) in [7, 11) is 0. The lowest BCUT2D eigenvalue weighted by Crippen LogP contribution is -2.08. The topological polar surface area (TPSA) is 26.0 Å². The van der Waals surface area contributed by atoms with Gasteiger partial charge in [0.25, 0.3) is 0 Å². The second-order valence-electron chi connectivity index (χ2n) is 9.76. The van der Waals surface area contributed by atoms with Gasteiger partial charge in [-0.3, -0.25) is 0 Å². The van der Waals surface area contributed by atoms with Gasteiger partial charge in [0.1, 0.15) is 0 Å². The smallest absolute Gasteiger partial charge is 0.00773 e. The standard InChI is InChI=1S/C32H49N/c33-27-21-13-11-9-7-5-3-1-2-4-6-8-10-12-16-26-32(28-30-22-17-14-18-23-30)29-31-24-19-15-20-25-31/h1-2,14-15,17-20,22-25,32H,3-13,16,21,26-29,33H2/b2-1-. The summed E-state index contributed by atoms with van der Waals surface area (Å²) in [6.07, 6.45) is 26.0. The van der Waals surface area contributed by atoms with Crippen molar-refractivity contribution < 1.29 is 0 Å². The number of nitrogens with two attached hydrogens (primary N) is 1. The molecule has 0 bridgehead atoms. The molecule has 182 valence electrons. The zero-order valence-corrected chi connectivity index (χ0v) is 21.1. The second-order valence-corrected chi connectivity index (χ2v) is 9.76. The van der Waals surface area contributed by atoms with Gasteiger partial charge in [0, 0.05) is 0 Å². The molecule has 0 amide bonds. The first-order valence-electron chi connectivity index (χ1n) is 13.8. The van der Waals surface area contributed by atoms with Gasteiger partial charge in [-0.15, -0.1) is 0 Å². The van der Waals surface area contributed by atoms with Crippen molar-refractivity contribution >= 4 is 0 Å². The molecule has 0 aliphatic rings. The Hall–Kier alpha value is -1.86. The molecule has 0 aromatic heterocycles. The van der Waals surface area contributed by atoms with Crippen LogP contribution >= 0.6 is 0 Å². The van der Waals surface area contributed by atoms with E-state index in [9.17, 15) is 0 Å². The van der Waals surface area contributed by atoms with E-state index in [4.69, 9.17) is 5.73 Å². The lowest BCUT2D eigenvalue weighted by Gasteiger charge is -2.17. The zero-order chi connectivity index (χ0) is 23.2. The van der Waals surface area contributed by atoms with Gasteiger partial charge in [-0.05, 0) is 75.0 Å². The van der Waals surface area contributed by atoms with Crippen molar-refractivity contribution in [2.75, 3.05) is 6.54 Å². The van der Waals surface area contributed by atoms with Crippen LogP contribution in [0.15, 0.2) is 72.8 Å². The van der Waals surface area contributed by atoms with Gasteiger partial charge in [0.15, 0.2) is 0 Å². The predicted octanol–water partition coefficient (Wildman–Crippen LogP) is 9.06. The minimum absolute atomic E-state index is 0.749. The van der Waals surface area contributed by atoms with E-state index in [0.717, 1.165) is 12.5 Å². The Morgan fingerprint density at radius 2 is 0.939 bits per heavy atom. The first-order valence-corrected chi connectivity index (χ1v) is 13.8. The van der Waals surface area contributed by atoms with Crippen LogP contribution < -0.4 is 5.73 Å². The quantitative estimate of drug-likeness (QED) is 0.159. The van der Waals surface area contributed by atoms with Crippen molar-refractivity contribution in [3.8, 4) is 0 Å². The van der Waals surface area contributed by atoms with Crippen molar-refractivity contribution in [3.63, 3.8) is 0 Å². The van der Waals surface area contributed by atoms with Crippen LogP contribution in [-0.4, -0.2) is 6.54 Å². The largest absolute Gasteiger partial charge is 0.330 e. The summed E-state index contributed by atoms with van der Waals surface area (Å²) in [4.78, 5) is 0. The van der Waals surface area contributed by atoms with E-state index in [2.05, 4.69) is 72.8 Å². The number of hydrogen-bond acceptors (Lipinski definition) is 1. The fraction of sp³-hybridized carbons (Fsp3) is 0.562. The molecule has 0 aliphatic carbocycles. The Balaban J connectivity index is 1.50. The maximum absolute atomic E-state index is 5.54. The van der Waals surface area contributed by atoms with Crippen LogP contribution in [0.25, 0.3) is 0 Å². The monoisotopic (exact) mass is 447 g/mol. The SMILES string of the molecule is NCCCCCCCC/C=C\CCCCCCCC(Cc1ccccc1)Cc1ccccc1. The third-order valence-electron chi connectivity index (χ3n) is 6.71. The predicted molar refractivity (Wildman–Crippen MR) is 147 cm³/mol. The van der Waals surface area contributed by atoms with Crippen LogP contribution in [0.3, 0.4) is 0 Å². The fourth-order valence-electron chi connectivity index (χ4n) is 4.75. The lowest BCUT2D eigenvalue weighted by molar-refractivity contribution is 0.446. The normalized spacial score (nSPS) is 11.6. The highest BCUT2D eigenvalue weighted by atomic mass is 14.5. The summed E-state index contributed by atoms with van der Waals surface area (Å²) < 4.78 is 0. The molecule has 0 fully saturated rings. The van der Waals surface area contributed by atoms with Gasteiger partial charge in [-0.1, -0.05) is 124 Å². The van der Waals surface area contributed by atoms with Crippen molar-refractivity contribution in [2.45, 2.75) is 103 Å². The summed E-state index contributed by atoms with van der Waals surface area (Å²) in [6, 6.07) is 22.1. The molecular formula is C32H49N. The summed E-state index contributed by atoms with van der Waals surface area (Å²) >= 11 is 0. The molecule has 2 N–H and O–H groups in total. The molecule has 0 unspecified atom stereocenters. The average Bonchev–Trinajstić information content (AvgIpc) is 2.85. The van der Waals surface area contributed by atoms with Crippen LogP contribution in [0.4, 0.5) is 0 Å². The summed E-state index contributed by atoms with van der Waals surface area (Å²) in [6.45, 7) is 0.853. The Labute approximate surface area is 204 Å². The van der Waals surface area contributed by atoms with Gasteiger partial charge in [-0.2, -0.15) is 0 Å². The molecule has 2 rings (SSSR count). The van der Waals surface area contributed by atoms with E-state index in [1.54, 1.807) is 0 Å². The molecule has 33 heavy (non-hydrogen) atoms. The maximum Gasteiger partial charge on any atom is -0.00773 e. The minimum Gasteiger partial charge on any atom is -0.330 e. The molecule has 0 atom stereocenters. The highest BCUT2D eigenvalue weighted by Gasteiger charge is 2.11. The average molecular weight is 448 g/mol. The van der Waals surface area contributed by atoms with Gasteiger partial charge in [0.2, 0.25) is 0 Å². The Morgan fingerprint density at radius 1 is 0.515 bits per heavy atom. The molecule has 0 spiro atoms. The summed E-state index contributed by atoms with van der Waals surface area (Å²) in [5, 5.41) is 0. The summed E-state index contributed by atoms with van der Waals surface area (Å²) in [5.41, 5.74) is 8.50. The van der Waals surface area contributed by atoms with Crippen LogP contribution in [0.5, 0.6) is 0 Å². The van der Waals surface area contributed by atoms with Crippen LogP contribution in [0.2, 0.25) is 0 Å². The molecule has 2 aromatic carbocycles. The van der Waals surface area contributed by atoms with Gasteiger partial charge in [0.05, 0.1) is 0 Å². The minimum atomic E-state index is 0.749. The number of allylic oxidation sites excluding steroid dienone is 2. The van der Waals surface area contributed by atoms with Crippen molar-refractivity contribution in [3.05, 3.63) is 83.9 Å². The third-order valence-corrected chi connectivity index (χ3v) is 6.71. The van der Waals surface area contributed by atoms with E-state index in [-0.39, 0.29) is 0 Å². The third kappa shape index (κ3) is 14.8. The Bertz CT molecular complexity index is 649. The van der Waals surface area contributed by atoms with Crippen LogP contribution in [0, 0.1) is 5.92 Å². The number of hydrogen-bond donors (Lipinski definition) is 1. The van der Waals surface area contributed by atoms with Gasteiger partial charge < -0.3 is 5.73 Å². The van der Waals surface area contributed by atoms with E-state index in [0.29, 0.717) is 0 Å². The van der Waals surface area contributed by atoms with Crippen LogP contribution in [-0.2, 0) is 12.8 Å². The lowest BCUT2D eigenvalue weighted by atomic mass is 9.88. The second kappa shape index (κ2) is 19.6. The van der Waals surface area contributed by atoms with Gasteiger partial charge in [-0.25, -0.2) is 0 Å². The fourth-order valence-corrected chi connectivity index (χ4v) is 4.75. The van der Waals surface area contributed by atoms with E-state index in [1.807, 2.05) is 0 Å². The van der Waals surface area contributed by atoms with Crippen molar-refractivity contribution in [1.82, 2.24) is 0 Å². The highest BCUT2D eigenvalue weighted by molar-refractivity contribution is 5.18. The maximum atomic E-state index is 5.54. The van der Waals surface area contributed by atoms with Gasteiger partial charge >= 0.3 is 0 Å². The number of rotatable bonds is 20. The van der Waals surface area contributed by atoms with E-state index in [1.165, 1.54) is 114 Å². The Kier molecular flexibility index (Phi) is 16.3. The molecule has 1 heteroatoms. The number of benzene rings is 2. The first kappa shape index (κ1) is 27.4. The summed E-state index contributed by atoms with van der Waals surface area (Å²) in [5.74, 6) is 0.749. The molecule has 0 saturated carbocycles. The molecule has 0 saturated heterocycles. The molecule has 1 nitrogen and oxygen atoms in total. The van der Waals surface area contributed by atoms with E-state index >= 15 is 0 Å². The molecule has 0 aliphatic heterocycles. The Morgan fingerprint density at radius 3 is 1.42 bits per heavy atom. The molecule has 0 heterocycles. The molecule has 2 aromatic rings. The van der Waals surface area contributed by atoms with Crippen molar-refractivity contribution in [2.24, 2.45) is 11.7 Å². The molecule has 0 radical (unpaired) electrons. The van der Waals surface area contributed by atoms with E-state index < -0.39 is 0 Å². The zero-order valence-electron chi connectivity index (χ0n) is 21.1. The molecular weight excluding hydrogens is 398 g/mol. The van der Waals surface area contributed by atoms with Crippen LogP contribution in [0.1, 0.15) is 101 Å². The number of unbranched alkanes of at least 4 members (excludes halogenated alkanes) is 11. The van der Waals surface area contributed by atoms with Crippen molar-refractivity contribution in [1.29, 1.82) is 0 Å². The first-order chi connectivity index (χ1) is 16.4.